The van der Waals surface area contributed by atoms with E-state index in [4.69, 9.17) is 5.73 Å². The average Bonchev–Trinajstić information content (AvgIpc) is 1.82. The molecule has 76 valence electrons. The molecule has 0 aromatic carbocycles. The van der Waals surface area contributed by atoms with Crippen molar-refractivity contribution >= 4 is 15.7 Å². The molecular formula is C8H15NO3S. The zero-order valence-corrected chi connectivity index (χ0v) is 9.10. The maximum atomic E-state index is 11.7. The third kappa shape index (κ3) is 0.907. The van der Waals surface area contributed by atoms with Gasteiger partial charge in [0.15, 0.2) is 9.84 Å². The highest BCUT2D eigenvalue weighted by atomic mass is 32.2. The van der Waals surface area contributed by atoms with Crippen molar-refractivity contribution in [2.45, 2.75) is 37.2 Å². The lowest BCUT2D eigenvalue weighted by Gasteiger charge is -2.54. The van der Waals surface area contributed by atoms with E-state index in [1.54, 1.807) is 27.7 Å². The molecule has 0 spiro atoms. The van der Waals surface area contributed by atoms with Gasteiger partial charge in [0.2, 0.25) is 5.91 Å². The highest BCUT2D eigenvalue weighted by molar-refractivity contribution is 7.95. The van der Waals surface area contributed by atoms with Gasteiger partial charge < -0.3 is 5.73 Å². The molecule has 1 heterocycles. The normalized spacial score (nSPS) is 29.2. The van der Waals surface area contributed by atoms with Crippen LogP contribution in [0.4, 0.5) is 0 Å². The third-order valence-electron chi connectivity index (χ3n) is 3.06. The molecule has 1 aliphatic rings. The highest BCUT2D eigenvalue weighted by Gasteiger charge is 2.69. The minimum atomic E-state index is -3.23. The SMILES string of the molecule is CC1(C)C(C(N)=O)C(C)(C)S1(=O)=O. The Hall–Kier alpha value is -0.580. The van der Waals surface area contributed by atoms with Crippen LogP contribution in [0.3, 0.4) is 0 Å². The molecule has 0 unspecified atom stereocenters. The van der Waals surface area contributed by atoms with Gasteiger partial charge in [-0.05, 0) is 27.7 Å². The number of carbonyl (C=O) groups is 1. The van der Waals surface area contributed by atoms with E-state index in [-0.39, 0.29) is 0 Å². The molecule has 0 saturated carbocycles. The molecule has 0 aliphatic carbocycles. The monoisotopic (exact) mass is 205 g/mol. The van der Waals surface area contributed by atoms with Crippen molar-refractivity contribution in [3.63, 3.8) is 0 Å². The number of hydrogen-bond donors (Lipinski definition) is 1. The van der Waals surface area contributed by atoms with Gasteiger partial charge in [0.05, 0.1) is 15.4 Å². The van der Waals surface area contributed by atoms with E-state index in [0.29, 0.717) is 0 Å². The lowest BCUT2D eigenvalue weighted by molar-refractivity contribution is -0.124. The van der Waals surface area contributed by atoms with Gasteiger partial charge in [-0.1, -0.05) is 0 Å². The lowest BCUT2D eigenvalue weighted by atomic mass is 9.81. The van der Waals surface area contributed by atoms with Crippen molar-refractivity contribution in [1.29, 1.82) is 0 Å². The minimum absolute atomic E-state index is 0.537. The summed E-state index contributed by atoms with van der Waals surface area (Å²) in [5.41, 5.74) is 5.17. The van der Waals surface area contributed by atoms with Gasteiger partial charge >= 0.3 is 0 Å². The average molecular weight is 205 g/mol. The molecule has 13 heavy (non-hydrogen) atoms. The van der Waals surface area contributed by atoms with Crippen LogP contribution in [-0.2, 0) is 14.6 Å². The Balaban J connectivity index is 3.27. The molecule has 1 fully saturated rings. The molecule has 4 nitrogen and oxygen atoms in total. The molecule has 1 amide bonds. The first-order chi connectivity index (χ1) is 5.57. The maximum Gasteiger partial charge on any atom is 0.223 e. The summed E-state index contributed by atoms with van der Waals surface area (Å²) >= 11 is 0. The van der Waals surface area contributed by atoms with E-state index in [1.807, 2.05) is 0 Å². The summed E-state index contributed by atoms with van der Waals surface area (Å²) in [4.78, 5) is 11.1. The summed E-state index contributed by atoms with van der Waals surface area (Å²) in [7, 11) is -3.23. The van der Waals surface area contributed by atoms with Gasteiger partial charge in [-0.2, -0.15) is 0 Å². The van der Waals surface area contributed by atoms with Crippen molar-refractivity contribution < 1.29 is 13.2 Å². The largest absolute Gasteiger partial charge is 0.369 e. The Bertz CT molecular complexity index is 332. The summed E-state index contributed by atoms with van der Waals surface area (Å²) in [5.74, 6) is -1.13. The summed E-state index contributed by atoms with van der Waals surface area (Å²) in [6.07, 6.45) is 0. The molecule has 1 aliphatic heterocycles. The van der Waals surface area contributed by atoms with Gasteiger partial charge in [-0.25, -0.2) is 8.42 Å². The van der Waals surface area contributed by atoms with E-state index in [2.05, 4.69) is 0 Å². The maximum absolute atomic E-state index is 11.7. The second kappa shape index (κ2) is 2.26. The number of primary amides is 1. The molecule has 0 aromatic heterocycles. The zero-order chi connectivity index (χ0) is 10.7. The standard InChI is InChI=1S/C8H15NO3S/c1-7(2)5(6(9)10)8(3,4)13(7,11)12/h5H,1-4H3,(H2,9,10). The number of rotatable bonds is 1. The summed E-state index contributed by atoms with van der Waals surface area (Å²) < 4.78 is 21.4. The smallest absolute Gasteiger partial charge is 0.223 e. The molecule has 1 rings (SSSR count). The van der Waals surface area contributed by atoms with Gasteiger partial charge in [0.1, 0.15) is 0 Å². The molecule has 2 N–H and O–H groups in total. The van der Waals surface area contributed by atoms with Crippen LogP contribution in [0, 0.1) is 5.92 Å². The topological polar surface area (TPSA) is 77.2 Å². The minimum Gasteiger partial charge on any atom is -0.369 e. The predicted octanol–water partition coefficient (Wildman–Crippen LogP) is 0.0735. The quantitative estimate of drug-likeness (QED) is 0.658. The first kappa shape index (κ1) is 10.5. The molecule has 0 radical (unpaired) electrons. The van der Waals surface area contributed by atoms with Crippen LogP contribution in [0.1, 0.15) is 27.7 Å². The fraction of sp³-hybridized carbons (Fsp3) is 0.875. The van der Waals surface area contributed by atoms with Crippen LogP contribution < -0.4 is 5.73 Å². The fourth-order valence-corrected chi connectivity index (χ4v) is 5.06. The Kier molecular flexibility index (Phi) is 1.83. The van der Waals surface area contributed by atoms with E-state index < -0.39 is 31.2 Å². The summed E-state index contributed by atoms with van der Waals surface area (Å²) in [5, 5.41) is 0. The van der Waals surface area contributed by atoms with Crippen molar-refractivity contribution in [2.75, 3.05) is 0 Å². The number of sulfone groups is 1. The van der Waals surface area contributed by atoms with Gasteiger partial charge in [-0.15, -0.1) is 0 Å². The van der Waals surface area contributed by atoms with E-state index in [0.717, 1.165) is 0 Å². The molecule has 1 saturated heterocycles. The molecule has 5 heteroatoms. The number of nitrogens with two attached hydrogens (primary N) is 1. The third-order valence-corrected chi connectivity index (χ3v) is 6.30. The predicted molar refractivity (Wildman–Crippen MR) is 49.8 cm³/mol. The Morgan fingerprint density at radius 3 is 1.62 bits per heavy atom. The van der Waals surface area contributed by atoms with Crippen LogP contribution in [0.15, 0.2) is 0 Å². The van der Waals surface area contributed by atoms with Crippen LogP contribution in [0.2, 0.25) is 0 Å². The van der Waals surface area contributed by atoms with Crippen molar-refractivity contribution in [2.24, 2.45) is 11.7 Å². The zero-order valence-electron chi connectivity index (χ0n) is 8.29. The summed E-state index contributed by atoms with van der Waals surface area (Å²) in [6, 6.07) is 0. The van der Waals surface area contributed by atoms with E-state index in [1.165, 1.54) is 0 Å². The first-order valence-corrected chi connectivity index (χ1v) is 5.58. The molecule has 0 aromatic rings. The summed E-state index contributed by atoms with van der Waals surface area (Å²) in [6.45, 7) is 6.18. The van der Waals surface area contributed by atoms with Gasteiger partial charge in [0.25, 0.3) is 0 Å². The second-order valence-corrected chi connectivity index (χ2v) is 7.66. The van der Waals surface area contributed by atoms with Crippen LogP contribution in [-0.4, -0.2) is 23.8 Å². The fourth-order valence-electron chi connectivity index (χ4n) is 2.45. The lowest BCUT2D eigenvalue weighted by Crippen LogP contribution is -2.72. The van der Waals surface area contributed by atoms with Crippen molar-refractivity contribution in [3.05, 3.63) is 0 Å². The van der Waals surface area contributed by atoms with Crippen LogP contribution in [0.25, 0.3) is 0 Å². The number of carbonyl (C=O) groups excluding carboxylic acids is 1. The second-order valence-electron chi connectivity index (χ2n) is 4.55. The molecule has 0 atom stereocenters. The van der Waals surface area contributed by atoms with Gasteiger partial charge in [0, 0.05) is 0 Å². The Labute approximate surface area is 78.4 Å². The van der Waals surface area contributed by atoms with Gasteiger partial charge in [-0.3, -0.25) is 4.79 Å². The van der Waals surface area contributed by atoms with E-state index >= 15 is 0 Å². The number of amides is 1. The van der Waals surface area contributed by atoms with Crippen LogP contribution >= 0.6 is 0 Å². The first-order valence-electron chi connectivity index (χ1n) is 4.10. The van der Waals surface area contributed by atoms with Crippen LogP contribution in [0.5, 0.6) is 0 Å². The Morgan fingerprint density at radius 1 is 1.15 bits per heavy atom. The Morgan fingerprint density at radius 2 is 1.46 bits per heavy atom. The number of hydrogen-bond acceptors (Lipinski definition) is 3. The molecule has 0 bridgehead atoms. The van der Waals surface area contributed by atoms with E-state index in [9.17, 15) is 13.2 Å². The highest BCUT2D eigenvalue weighted by Crippen LogP contribution is 2.52. The van der Waals surface area contributed by atoms with Crippen molar-refractivity contribution in [3.8, 4) is 0 Å². The molecular weight excluding hydrogens is 190 g/mol. The van der Waals surface area contributed by atoms with Crippen molar-refractivity contribution in [1.82, 2.24) is 0 Å².